The van der Waals surface area contributed by atoms with Gasteiger partial charge in [0.15, 0.2) is 0 Å². The molecule has 14 heavy (non-hydrogen) atoms. The molecule has 1 N–H and O–H groups in total. The van der Waals surface area contributed by atoms with E-state index in [4.69, 9.17) is 16.7 Å². The summed E-state index contributed by atoms with van der Waals surface area (Å²) in [6.45, 7) is 0. The van der Waals surface area contributed by atoms with Gasteiger partial charge in [0.25, 0.3) is 0 Å². The monoisotopic (exact) mass is 218 g/mol. The second kappa shape index (κ2) is 4.19. The number of carboxylic acids is 1. The summed E-state index contributed by atoms with van der Waals surface area (Å²) in [5.41, 5.74) is -0.197. The highest BCUT2D eigenvalue weighted by molar-refractivity contribution is 6.30. The molecule has 0 heterocycles. The molecule has 0 amide bonds. The van der Waals surface area contributed by atoms with Crippen molar-refractivity contribution in [3.63, 3.8) is 0 Å². The Hall–Kier alpha value is -1.42. The molecule has 1 aromatic carbocycles. The smallest absolute Gasteiger partial charge is 0.328 e. The highest BCUT2D eigenvalue weighted by atomic mass is 35.5. The molecule has 0 aliphatic rings. The van der Waals surface area contributed by atoms with Gasteiger partial charge in [-0.15, -0.1) is 0 Å². The van der Waals surface area contributed by atoms with Crippen LogP contribution in [0.2, 0.25) is 5.02 Å². The van der Waals surface area contributed by atoms with Crippen molar-refractivity contribution in [1.29, 1.82) is 0 Å². The van der Waals surface area contributed by atoms with Crippen LogP contribution in [0.3, 0.4) is 0 Å². The zero-order valence-electron chi connectivity index (χ0n) is 6.80. The van der Waals surface area contributed by atoms with Crippen molar-refractivity contribution in [1.82, 2.24) is 0 Å². The zero-order chi connectivity index (χ0) is 10.7. The third-order valence-electron chi connectivity index (χ3n) is 1.43. The van der Waals surface area contributed by atoms with Gasteiger partial charge in [-0.2, -0.15) is 0 Å². The van der Waals surface area contributed by atoms with Crippen molar-refractivity contribution < 1.29 is 18.7 Å². The zero-order valence-corrected chi connectivity index (χ0v) is 7.55. The molecule has 0 spiro atoms. The van der Waals surface area contributed by atoms with Gasteiger partial charge in [-0.25, -0.2) is 13.6 Å². The number of benzene rings is 1. The van der Waals surface area contributed by atoms with E-state index in [0.29, 0.717) is 6.08 Å². The van der Waals surface area contributed by atoms with Gasteiger partial charge >= 0.3 is 5.97 Å². The SMILES string of the molecule is O=C(O)C=Cc1cc(F)cc(Cl)c1F. The molecular weight excluding hydrogens is 214 g/mol. The lowest BCUT2D eigenvalue weighted by molar-refractivity contribution is -0.131. The molecule has 0 aliphatic heterocycles. The Kier molecular flexibility index (Phi) is 3.19. The lowest BCUT2D eigenvalue weighted by Gasteiger charge is -1.99. The van der Waals surface area contributed by atoms with Crippen LogP contribution in [-0.4, -0.2) is 11.1 Å². The van der Waals surface area contributed by atoms with Gasteiger partial charge in [0.2, 0.25) is 0 Å². The molecular formula is C9H5ClF2O2. The largest absolute Gasteiger partial charge is 0.478 e. The summed E-state index contributed by atoms with van der Waals surface area (Å²) >= 11 is 5.34. The summed E-state index contributed by atoms with van der Waals surface area (Å²) in [6.07, 6.45) is 1.64. The maximum atomic E-state index is 13.1. The second-order valence-corrected chi connectivity index (χ2v) is 2.87. The molecule has 0 unspecified atom stereocenters. The standard InChI is InChI=1S/C9H5ClF2O2/c10-7-4-6(11)3-5(9(7)12)1-2-8(13)14/h1-4H,(H,13,14). The molecule has 0 fully saturated rings. The van der Waals surface area contributed by atoms with Crippen molar-refractivity contribution in [2.45, 2.75) is 0 Å². The van der Waals surface area contributed by atoms with Crippen LogP contribution in [0.25, 0.3) is 6.08 Å². The molecule has 74 valence electrons. The summed E-state index contributed by atoms with van der Waals surface area (Å²) in [4.78, 5) is 10.1. The summed E-state index contributed by atoms with van der Waals surface area (Å²) < 4.78 is 25.8. The van der Waals surface area contributed by atoms with E-state index >= 15 is 0 Å². The maximum absolute atomic E-state index is 13.1. The minimum Gasteiger partial charge on any atom is -0.478 e. The molecule has 0 bridgehead atoms. The van der Waals surface area contributed by atoms with Crippen LogP contribution in [0.15, 0.2) is 18.2 Å². The quantitative estimate of drug-likeness (QED) is 0.612. The van der Waals surface area contributed by atoms with Gasteiger partial charge < -0.3 is 5.11 Å². The maximum Gasteiger partial charge on any atom is 0.328 e. The van der Waals surface area contributed by atoms with Crippen LogP contribution in [0.1, 0.15) is 5.56 Å². The predicted molar refractivity (Wildman–Crippen MR) is 48.0 cm³/mol. The van der Waals surface area contributed by atoms with Gasteiger partial charge in [-0.3, -0.25) is 0 Å². The third kappa shape index (κ3) is 2.53. The fraction of sp³-hybridized carbons (Fsp3) is 0. The van der Waals surface area contributed by atoms with Gasteiger partial charge in [-0.1, -0.05) is 11.6 Å². The molecule has 0 atom stereocenters. The number of rotatable bonds is 2. The Bertz CT molecular complexity index is 402. The molecule has 5 heteroatoms. The summed E-state index contributed by atoms with van der Waals surface area (Å²) in [6, 6.07) is 1.68. The number of carboxylic acid groups (broad SMARTS) is 1. The van der Waals surface area contributed by atoms with E-state index < -0.39 is 17.6 Å². The topological polar surface area (TPSA) is 37.3 Å². The molecule has 0 saturated heterocycles. The number of hydrogen-bond acceptors (Lipinski definition) is 1. The van der Waals surface area contributed by atoms with Crippen molar-refractivity contribution in [3.8, 4) is 0 Å². The van der Waals surface area contributed by atoms with Crippen LogP contribution >= 0.6 is 11.6 Å². The molecule has 0 radical (unpaired) electrons. The number of hydrogen-bond donors (Lipinski definition) is 1. The summed E-state index contributed by atoms with van der Waals surface area (Å²) in [5.74, 6) is -2.81. The third-order valence-corrected chi connectivity index (χ3v) is 1.70. The minimum absolute atomic E-state index is 0.197. The van der Waals surface area contributed by atoms with Crippen LogP contribution in [-0.2, 0) is 4.79 Å². The lowest BCUT2D eigenvalue weighted by Crippen LogP contribution is -1.90. The number of carbonyl (C=O) groups is 1. The molecule has 0 aliphatic carbocycles. The first-order valence-electron chi connectivity index (χ1n) is 3.56. The van der Waals surface area contributed by atoms with E-state index in [1.54, 1.807) is 0 Å². The Balaban J connectivity index is 3.14. The van der Waals surface area contributed by atoms with Crippen molar-refractivity contribution >= 4 is 23.6 Å². The molecule has 0 aromatic heterocycles. The van der Waals surface area contributed by atoms with E-state index in [2.05, 4.69) is 0 Å². The van der Waals surface area contributed by atoms with E-state index in [-0.39, 0.29) is 10.6 Å². The van der Waals surface area contributed by atoms with Gasteiger partial charge in [0.1, 0.15) is 11.6 Å². The first kappa shape index (κ1) is 10.7. The first-order chi connectivity index (χ1) is 6.50. The average molecular weight is 219 g/mol. The predicted octanol–water partition coefficient (Wildman–Crippen LogP) is 2.72. The fourth-order valence-corrected chi connectivity index (χ4v) is 1.07. The van der Waals surface area contributed by atoms with Gasteiger partial charge in [0, 0.05) is 11.6 Å². The summed E-state index contributed by atoms with van der Waals surface area (Å²) in [5, 5.41) is 7.89. The van der Waals surface area contributed by atoms with Gasteiger partial charge in [0.05, 0.1) is 5.02 Å². The van der Waals surface area contributed by atoms with Crippen LogP contribution in [0.5, 0.6) is 0 Å². The normalized spacial score (nSPS) is 10.8. The Labute approximate surface area is 83.4 Å². The van der Waals surface area contributed by atoms with Crippen LogP contribution in [0.4, 0.5) is 8.78 Å². The van der Waals surface area contributed by atoms with Crippen molar-refractivity contribution in [3.05, 3.63) is 40.4 Å². The van der Waals surface area contributed by atoms with Crippen molar-refractivity contribution in [2.24, 2.45) is 0 Å². The van der Waals surface area contributed by atoms with E-state index in [0.717, 1.165) is 18.2 Å². The molecule has 1 rings (SSSR count). The van der Waals surface area contributed by atoms with E-state index in [9.17, 15) is 13.6 Å². The molecule has 0 saturated carbocycles. The fourth-order valence-electron chi connectivity index (χ4n) is 0.858. The first-order valence-corrected chi connectivity index (χ1v) is 3.94. The van der Waals surface area contributed by atoms with Crippen LogP contribution < -0.4 is 0 Å². The van der Waals surface area contributed by atoms with E-state index in [1.165, 1.54) is 0 Å². The number of aliphatic carboxylic acids is 1. The number of halogens is 3. The average Bonchev–Trinajstić information content (AvgIpc) is 2.08. The highest BCUT2D eigenvalue weighted by Gasteiger charge is 2.07. The summed E-state index contributed by atoms with van der Waals surface area (Å²) in [7, 11) is 0. The van der Waals surface area contributed by atoms with Crippen LogP contribution in [0, 0.1) is 11.6 Å². The minimum atomic E-state index is -1.25. The van der Waals surface area contributed by atoms with Crippen molar-refractivity contribution in [2.75, 3.05) is 0 Å². The Morgan fingerprint density at radius 3 is 2.64 bits per heavy atom. The lowest BCUT2D eigenvalue weighted by atomic mass is 10.2. The highest BCUT2D eigenvalue weighted by Crippen LogP contribution is 2.21. The van der Waals surface area contributed by atoms with Gasteiger partial charge in [-0.05, 0) is 18.2 Å². The molecule has 1 aromatic rings. The van der Waals surface area contributed by atoms with E-state index in [1.807, 2.05) is 0 Å². The Morgan fingerprint density at radius 1 is 1.43 bits per heavy atom. The second-order valence-electron chi connectivity index (χ2n) is 2.46. The Morgan fingerprint density at radius 2 is 2.07 bits per heavy atom. The molecule has 2 nitrogen and oxygen atoms in total.